The SMILES string of the molecule is CNCC(C)=Cc1cn(C)nc1C. The highest BCUT2D eigenvalue weighted by atomic mass is 15.2. The fourth-order valence-corrected chi connectivity index (χ4v) is 1.35. The van der Waals surface area contributed by atoms with Crippen LogP contribution >= 0.6 is 0 Å². The van der Waals surface area contributed by atoms with Gasteiger partial charge in [0.25, 0.3) is 0 Å². The molecule has 0 aromatic carbocycles. The minimum Gasteiger partial charge on any atom is -0.316 e. The lowest BCUT2D eigenvalue weighted by Gasteiger charge is -1.97. The Bertz CT molecular complexity index is 310. The summed E-state index contributed by atoms with van der Waals surface area (Å²) in [6.45, 7) is 5.07. The van der Waals surface area contributed by atoms with Crippen molar-refractivity contribution in [1.82, 2.24) is 15.1 Å². The summed E-state index contributed by atoms with van der Waals surface area (Å²) in [7, 11) is 3.89. The van der Waals surface area contributed by atoms with E-state index >= 15 is 0 Å². The molecule has 0 saturated carbocycles. The molecule has 3 nitrogen and oxygen atoms in total. The molecule has 3 heteroatoms. The standard InChI is InChI=1S/C10H17N3/c1-8(6-11-3)5-10-7-13(4)12-9(10)2/h5,7,11H,6H2,1-4H3. The molecule has 72 valence electrons. The van der Waals surface area contributed by atoms with Gasteiger partial charge in [-0.3, -0.25) is 4.68 Å². The van der Waals surface area contributed by atoms with Crippen LogP contribution in [-0.2, 0) is 7.05 Å². The Labute approximate surface area is 79.5 Å². The highest BCUT2D eigenvalue weighted by molar-refractivity contribution is 5.53. The largest absolute Gasteiger partial charge is 0.316 e. The Morgan fingerprint density at radius 2 is 2.38 bits per heavy atom. The van der Waals surface area contributed by atoms with E-state index in [2.05, 4.69) is 23.4 Å². The van der Waals surface area contributed by atoms with Crippen molar-refractivity contribution in [3.05, 3.63) is 23.0 Å². The van der Waals surface area contributed by atoms with Crippen LogP contribution in [0.4, 0.5) is 0 Å². The van der Waals surface area contributed by atoms with Gasteiger partial charge in [-0.05, 0) is 20.9 Å². The van der Waals surface area contributed by atoms with E-state index in [0.717, 1.165) is 12.2 Å². The van der Waals surface area contributed by atoms with Crippen molar-refractivity contribution >= 4 is 6.08 Å². The molecule has 0 fully saturated rings. The van der Waals surface area contributed by atoms with Crippen LogP contribution in [-0.4, -0.2) is 23.4 Å². The minimum absolute atomic E-state index is 0.925. The van der Waals surface area contributed by atoms with Crippen LogP contribution < -0.4 is 5.32 Å². The maximum Gasteiger partial charge on any atom is 0.0665 e. The van der Waals surface area contributed by atoms with E-state index in [4.69, 9.17) is 0 Å². The predicted octanol–water partition coefficient (Wildman–Crippen LogP) is 1.35. The fraction of sp³-hybridized carbons (Fsp3) is 0.500. The lowest BCUT2D eigenvalue weighted by Crippen LogP contribution is -2.08. The van der Waals surface area contributed by atoms with E-state index in [-0.39, 0.29) is 0 Å². The van der Waals surface area contributed by atoms with Gasteiger partial charge in [0.2, 0.25) is 0 Å². The molecule has 0 amide bonds. The summed E-state index contributed by atoms with van der Waals surface area (Å²) >= 11 is 0. The molecule has 1 heterocycles. The zero-order valence-corrected chi connectivity index (χ0v) is 8.76. The molecular formula is C10H17N3. The van der Waals surface area contributed by atoms with E-state index in [1.165, 1.54) is 11.1 Å². The van der Waals surface area contributed by atoms with E-state index < -0.39 is 0 Å². The summed E-state index contributed by atoms with van der Waals surface area (Å²) in [4.78, 5) is 0. The third kappa shape index (κ3) is 2.70. The highest BCUT2D eigenvalue weighted by Gasteiger charge is 1.99. The molecule has 0 bridgehead atoms. The minimum atomic E-state index is 0.925. The van der Waals surface area contributed by atoms with Crippen LogP contribution in [0.1, 0.15) is 18.2 Å². The molecule has 0 atom stereocenters. The first kappa shape index (κ1) is 9.99. The number of rotatable bonds is 3. The van der Waals surface area contributed by atoms with Crippen LogP contribution in [0.3, 0.4) is 0 Å². The molecule has 13 heavy (non-hydrogen) atoms. The molecule has 1 aromatic rings. The number of aryl methyl sites for hydroxylation is 2. The molecule has 0 aliphatic rings. The molecule has 0 unspecified atom stereocenters. The number of hydrogen-bond acceptors (Lipinski definition) is 2. The first-order valence-corrected chi connectivity index (χ1v) is 4.45. The number of nitrogens with one attached hydrogen (secondary N) is 1. The van der Waals surface area contributed by atoms with Crippen LogP contribution in [0, 0.1) is 6.92 Å². The van der Waals surface area contributed by atoms with Crippen molar-refractivity contribution in [2.75, 3.05) is 13.6 Å². The lowest BCUT2D eigenvalue weighted by molar-refractivity contribution is 0.756. The van der Waals surface area contributed by atoms with Gasteiger partial charge in [0.1, 0.15) is 0 Å². The average Bonchev–Trinajstić information content (AvgIpc) is 2.30. The van der Waals surface area contributed by atoms with Crippen molar-refractivity contribution in [2.45, 2.75) is 13.8 Å². The zero-order chi connectivity index (χ0) is 9.84. The molecule has 0 spiro atoms. The maximum absolute atomic E-state index is 4.28. The van der Waals surface area contributed by atoms with Crippen LogP contribution in [0.15, 0.2) is 11.8 Å². The third-order valence-corrected chi connectivity index (χ3v) is 1.91. The first-order chi connectivity index (χ1) is 6.13. The Hall–Kier alpha value is -1.09. The van der Waals surface area contributed by atoms with E-state index in [1.807, 2.05) is 31.9 Å². The number of aromatic nitrogens is 2. The maximum atomic E-state index is 4.28. The average molecular weight is 179 g/mol. The number of likely N-dealkylation sites (N-methyl/N-ethyl adjacent to an activating group) is 1. The summed E-state index contributed by atoms with van der Waals surface area (Å²) in [6.07, 6.45) is 4.20. The monoisotopic (exact) mass is 179 g/mol. The Balaban J connectivity index is 2.83. The summed E-state index contributed by atoms with van der Waals surface area (Å²) in [5.74, 6) is 0. The second-order valence-corrected chi connectivity index (χ2v) is 3.36. The number of hydrogen-bond donors (Lipinski definition) is 1. The molecule has 0 aliphatic carbocycles. The normalized spacial score (nSPS) is 12.2. The van der Waals surface area contributed by atoms with Gasteiger partial charge in [-0.25, -0.2) is 0 Å². The second kappa shape index (κ2) is 4.23. The van der Waals surface area contributed by atoms with E-state index in [9.17, 15) is 0 Å². The van der Waals surface area contributed by atoms with E-state index in [0.29, 0.717) is 0 Å². The molecular weight excluding hydrogens is 162 g/mol. The van der Waals surface area contributed by atoms with Crippen LogP contribution in [0.2, 0.25) is 0 Å². The summed E-state index contributed by atoms with van der Waals surface area (Å²) in [5.41, 5.74) is 3.60. The summed E-state index contributed by atoms with van der Waals surface area (Å²) in [6, 6.07) is 0. The molecule has 1 aromatic heterocycles. The van der Waals surface area contributed by atoms with Gasteiger partial charge in [-0.2, -0.15) is 5.10 Å². The Morgan fingerprint density at radius 3 is 2.85 bits per heavy atom. The molecule has 1 N–H and O–H groups in total. The zero-order valence-electron chi connectivity index (χ0n) is 8.76. The lowest BCUT2D eigenvalue weighted by atomic mass is 10.2. The van der Waals surface area contributed by atoms with Gasteiger partial charge in [-0.1, -0.05) is 11.6 Å². The van der Waals surface area contributed by atoms with Crippen molar-refractivity contribution in [2.24, 2.45) is 7.05 Å². The molecule has 0 aliphatic heterocycles. The van der Waals surface area contributed by atoms with Crippen molar-refractivity contribution in [3.63, 3.8) is 0 Å². The van der Waals surface area contributed by atoms with Crippen molar-refractivity contribution < 1.29 is 0 Å². The van der Waals surface area contributed by atoms with Gasteiger partial charge in [-0.15, -0.1) is 0 Å². The van der Waals surface area contributed by atoms with E-state index in [1.54, 1.807) is 0 Å². The van der Waals surface area contributed by atoms with Gasteiger partial charge in [0, 0.05) is 25.4 Å². The fourth-order valence-electron chi connectivity index (χ4n) is 1.35. The first-order valence-electron chi connectivity index (χ1n) is 4.45. The molecule has 0 saturated heterocycles. The predicted molar refractivity (Wildman–Crippen MR) is 55.5 cm³/mol. The topological polar surface area (TPSA) is 29.9 Å². The highest BCUT2D eigenvalue weighted by Crippen LogP contribution is 2.09. The Kier molecular flexibility index (Phi) is 3.25. The van der Waals surface area contributed by atoms with Gasteiger partial charge < -0.3 is 5.32 Å². The van der Waals surface area contributed by atoms with Gasteiger partial charge in [0.15, 0.2) is 0 Å². The van der Waals surface area contributed by atoms with Crippen LogP contribution in [0.25, 0.3) is 6.08 Å². The molecule has 1 rings (SSSR count). The summed E-state index contributed by atoms with van der Waals surface area (Å²) in [5, 5.41) is 7.39. The summed E-state index contributed by atoms with van der Waals surface area (Å²) < 4.78 is 1.84. The second-order valence-electron chi connectivity index (χ2n) is 3.36. The molecule has 0 radical (unpaired) electrons. The number of nitrogens with zero attached hydrogens (tertiary/aromatic N) is 2. The van der Waals surface area contributed by atoms with Gasteiger partial charge >= 0.3 is 0 Å². The third-order valence-electron chi connectivity index (χ3n) is 1.91. The van der Waals surface area contributed by atoms with Gasteiger partial charge in [0.05, 0.1) is 5.69 Å². The van der Waals surface area contributed by atoms with Crippen molar-refractivity contribution in [1.29, 1.82) is 0 Å². The smallest absolute Gasteiger partial charge is 0.0665 e. The quantitative estimate of drug-likeness (QED) is 0.759. The van der Waals surface area contributed by atoms with Crippen LogP contribution in [0.5, 0.6) is 0 Å². The van der Waals surface area contributed by atoms with Crippen molar-refractivity contribution in [3.8, 4) is 0 Å². The Morgan fingerprint density at radius 1 is 1.69 bits per heavy atom.